The van der Waals surface area contributed by atoms with Gasteiger partial charge in [-0.3, -0.25) is 4.98 Å². The molecule has 0 atom stereocenters. The Hall–Kier alpha value is -1.90. The number of hydrogen-bond donors (Lipinski definition) is 0. The molecule has 2 nitrogen and oxygen atoms in total. The summed E-state index contributed by atoms with van der Waals surface area (Å²) in [7, 11) is 0. The van der Waals surface area contributed by atoms with E-state index < -0.39 is 0 Å². The third kappa shape index (κ3) is 2.79. The average Bonchev–Trinajstić information content (AvgIpc) is 2.33. The molecule has 1 heterocycles. The van der Waals surface area contributed by atoms with Crippen LogP contribution in [0.25, 0.3) is 0 Å². The lowest BCUT2D eigenvalue weighted by atomic mass is 10.2. The molecule has 2 aromatic rings. The van der Waals surface area contributed by atoms with E-state index in [1.165, 1.54) is 6.07 Å². The van der Waals surface area contributed by atoms with Gasteiger partial charge in [0.25, 0.3) is 0 Å². The van der Waals surface area contributed by atoms with E-state index in [1.807, 2.05) is 12.1 Å². The number of hydrogen-bond acceptors (Lipinski definition) is 2. The summed E-state index contributed by atoms with van der Waals surface area (Å²) in [6.07, 6.45) is 4.22. The number of benzene rings is 1. The summed E-state index contributed by atoms with van der Waals surface area (Å²) in [5.41, 5.74) is 1.13. The minimum Gasteiger partial charge on any atom is -0.490 e. The van der Waals surface area contributed by atoms with E-state index in [9.17, 15) is 4.39 Å². The molecule has 82 valence electrons. The van der Waals surface area contributed by atoms with Crippen molar-refractivity contribution in [3.05, 3.63) is 60.2 Å². The highest BCUT2D eigenvalue weighted by Crippen LogP contribution is 2.15. The fourth-order valence-corrected chi connectivity index (χ4v) is 1.39. The molecule has 0 N–H and O–H groups in total. The molecular formula is C13H12FNO. The van der Waals surface area contributed by atoms with E-state index in [2.05, 4.69) is 4.98 Å². The monoisotopic (exact) mass is 217 g/mol. The highest BCUT2D eigenvalue weighted by Gasteiger charge is 2.00. The number of para-hydroxylation sites is 1. The van der Waals surface area contributed by atoms with Crippen LogP contribution in [0.5, 0.6) is 5.75 Å². The Morgan fingerprint density at radius 3 is 2.56 bits per heavy atom. The molecule has 0 aliphatic carbocycles. The molecule has 0 unspecified atom stereocenters. The maximum Gasteiger partial charge on any atom is 0.165 e. The topological polar surface area (TPSA) is 22.1 Å². The van der Waals surface area contributed by atoms with E-state index in [0.717, 1.165) is 12.0 Å². The zero-order chi connectivity index (χ0) is 11.2. The van der Waals surface area contributed by atoms with Gasteiger partial charge in [-0.05, 0) is 29.8 Å². The summed E-state index contributed by atoms with van der Waals surface area (Å²) in [5.74, 6) is -0.0196. The van der Waals surface area contributed by atoms with Gasteiger partial charge in [-0.15, -0.1) is 0 Å². The standard InChI is InChI=1S/C13H12FNO/c14-12-3-1-2-4-13(12)16-10-7-11-5-8-15-9-6-11/h1-6,8-9H,7,10H2. The Morgan fingerprint density at radius 2 is 1.81 bits per heavy atom. The van der Waals surface area contributed by atoms with Gasteiger partial charge in [0.2, 0.25) is 0 Å². The first-order chi connectivity index (χ1) is 7.86. The van der Waals surface area contributed by atoms with Crippen LogP contribution in [0.4, 0.5) is 4.39 Å². The molecule has 2 rings (SSSR count). The van der Waals surface area contributed by atoms with Crippen LogP contribution in [0.3, 0.4) is 0 Å². The minimum absolute atomic E-state index is 0.302. The van der Waals surface area contributed by atoms with E-state index in [0.29, 0.717) is 12.4 Å². The van der Waals surface area contributed by atoms with Crippen LogP contribution < -0.4 is 4.74 Å². The highest BCUT2D eigenvalue weighted by atomic mass is 19.1. The number of ether oxygens (including phenoxy) is 1. The summed E-state index contributed by atoms with van der Waals surface area (Å²) in [6.45, 7) is 0.463. The van der Waals surface area contributed by atoms with E-state index in [4.69, 9.17) is 4.74 Å². The maximum atomic E-state index is 13.2. The minimum atomic E-state index is -0.322. The maximum absolute atomic E-state index is 13.2. The van der Waals surface area contributed by atoms with Gasteiger partial charge in [-0.25, -0.2) is 4.39 Å². The lowest BCUT2D eigenvalue weighted by Gasteiger charge is -2.06. The van der Waals surface area contributed by atoms with Gasteiger partial charge in [0.1, 0.15) is 0 Å². The molecule has 1 aromatic heterocycles. The van der Waals surface area contributed by atoms with Crippen molar-refractivity contribution >= 4 is 0 Å². The zero-order valence-electron chi connectivity index (χ0n) is 8.77. The fraction of sp³-hybridized carbons (Fsp3) is 0.154. The van der Waals surface area contributed by atoms with Crippen molar-refractivity contribution < 1.29 is 9.13 Å². The van der Waals surface area contributed by atoms with Crippen molar-refractivity contribution in [1.82, 2.24) is 4.98 Å². The van der Waals surface area contributed by atoms with Crippen molar-refractivity contribution in [3.8, 4) is 5.75 Å². The summed E-state index contributed by atoms with van der Waals surface area (Å²) in [6, 6.07) is 10.3. The van der Waals surface area contributed by atoms with Crippen LogP contribution in [-0.2, 0) is 6.42 Å². The van der Waals surface area contributed by atoms with Crippen molar-refractivity contribution in [2.75, 3.05) is 6.61 Å². The van der Waals surface area contributed by atoms with Crippen molar-refractivity contribution in [2.24, 2.45) is 0 Å². The number of nitrogens with zero attached hydrogens (tertiary/aromatic N) is 1. The van der Waals surface area contributed by atoms with E-state index in [-0.39, 0.29) is 5.82 Å². The molecule has 0 aliphatic rings. The summed E-state index contributed by atoms with van der Waals surface area (Å²) in [4.78, 5) is 3.92. The van der Waals surface area contributed by atoms with Crippen molar-refractivity contribution in [1.29, 1.82) is 0 Å². The van der Waals surface area contributed by atoms with Gasteiger partial charge in [0.15, 0.2) is 11.6 Å². The van der Waals surface area contributed by atoms with Crippen LogP contribution in [0, 0.1) is 5.82 Å². The third-order valence-electron chi connectivity index (χ3n) is 2.23. The normalized spacial score (nSPS) is 10.1. The Labute approximate surface area is 93.7 Å². The van der Waals surface area contributed by atoms with Crippen LogP contribution in [-0.4, -0.2) is 11.6 Å². The predicted molar refractivity (Wildman–Crippen MR) is 59.8 cm³/mol. The Kier molecular flexibility index (Phi) is 3.49. The molecule has 0 saturated heterocycles. The zero-order valence-corrected chi connectivity index (χ0v) is 8.77. The quantitative estimate of drug-likeness (QED) is 0.785. The third-order valence-corrected chi connectivity index (χ3v) is 2.23. The molecule has 0 spiro atoms. The molecule has 16 heavy (non-hydrogen) atoms. The van der Waals surface area contributed by atoms with Crippen LogP contribution in [0.1, 0.15) is 5.56 Å². The van der Waals surface area contributed by atoms with E-state index in [1.54, 1.807) is 30.6 Å². The first-order valence-corrected chi connectivity index (χ1v) is 5.12. The van der Waals surface area contributed by atoms with Gasteiger partial charge < -0.3 is 4.74 Å². The second kappa shape index (κ2) is 5.26. The predicted octanol–water partition coefficient (Wildman–Crippen LogP) is 2.84. The molecule has 0 bridgehead atoms. The van der Waals surface area contributed by atoms with Gasteiger partial charge >= 0.3 is 0 Å². The molecule has 1 aromatic carbocycles. The number of aromatic nitrogens is 1. The Balaban J connectivity index is 1.87. The van der Waals surface area contributed by atoms with Gasteiger partial charge in [0.05, 0.1) is 6.61 Å². The number of rotatable bonds is 4. The molecule has 0 amide bonds. The second-order valence-electron chi connectivity index (χ2n) is 3.38. The van der Waals surface area contributed by atoms with Crippen LogP contribution in [0.15, 0.2) is 48.8 Å². The Morgan fingerprint density at radius 1 is 1.06 bits per heavy atom. The molecule has 3 heteroatoms. The van der Waals surface area contributed by atoms with E-state index >= 15 is 0 Å². The number of pyridine rings is 1. The van der Waals surface area contributed by atoms with Gasteiger partial charge in [-0.1, -0.05) is 12.1 Å². The molecular weight excluding hydrogens is 205 g/mol. The summed E-state index contributed by atoms with van der Waals surface area (Å²) in [5, 5.41) is 0. The lowest BCUT2D eigenvalue weighted by Crippen LogP contribution is -2.02. The smallest absolute Gasteiger partial charge is 0.165 e. The van der Waals surface area contributed by atoms with Gasteiger partial charge in [-0.2, -0.15) is 0 Å². The summed E-state index contributed by atoms with van der Waals surface area (Å²) < 4.78 is 18.5. The molecule has 0 fully saturated rings. The SMILES string of the molecule is Fc1ccccc1OCCc1ccncc1. The first-order valence-electron chi connectivity index (χ1n) is 5.12. The van der Waals surface area contributed by atoms with Crippen LogP contribution in [0.2, 0.25) is 0 Å². The lowest BCUT2D eigenvalue weighted by molar-refractivity contribution is 0.305. The molecule has 0 radical (unpaired) electrons. The number of halogens is 1. The largest absolute Gasteiger partial charge is 0.490 e. The first kappa shape index (κ1) is 10.6. The second-order valence-corrected chi connectivity index (χ2v) is 3.38. The highest BCUT2D eigenvalue weighted by molar-refractivity contribution is 5.23. The average molecular weight is 217 g/mol. The van der Waals surface area contributed by atoms with Crippen molar-refractivity contribution in [3.63, 3.8) is 0 Å². The molecule has 0 saturated carbocycles. The summed E-state index contributed by atoms with van der Waals surface area (Å²) >= 11 is 0. The molecule has 0 aliphatic heterocycles. The fourth-order valence-electron chi connectivity index (χ4n) is 1.39. The Bertz CT molecular complexity index is 445. The van der Waals surface area contributed by atoms with Crippen LogP contribution >= 0.6 is 0 Å². The van der Waals surface area contributed by atoms with Crippen molar-refractivity contribution in [2.45, 2.75) is 6.42 Å². The van der Waals surface area contributed by atoms with Gasteiger partial charge in [0, 0.05) is 18.8 Å².